The number of hydrogen-bond donors (Lipinski definition) is 0. The number of nitrogens with zero attached hydrogens (tertiary/aromatic N) is 2. The molecule has 0 aliphatic carbocycles. The van der Waals surface area contributed by atoms with Gasteiger partial charge in [0.15, 0.2) is 5.71 Å². The predicted molar refractivity (Wildman–Crippen MR) is 147 cm³/mol. The highest BCUT2D eigenvalue weighted by Gasteiger charge is 2.43. The largest absolute Gasteiger partial charge is 0.465 e. The Morgan fingerprint density at radius 3 is 2.05 bits per heavy atom. The summed E-state index contributed by atoms with van der Waals surface area (Å²) in [5, 5.41) is 0. The molecule has 0 spiro atoms. The monoisotopic (exact) mass is 499 g/mol. The fourth-order valence-corrected chi connectivity index (χ4v) is 5.52. The minimum absolute atomic E-state index is 0.260. The van der Waals surface area contributed by atoms with Crippen molar-refractivity contribution in [2.45, 2.75) is 38.5 Å². The van der Waals surface area contributed by atoms with Gasteiger partial charge in [-0.1, -0.05) is 32.1 Å². The fraction of sp³-hybridized carbons (Fsp3) is 0.323. The summed E-state index contributed by atoms with van der Waals surface area (Å²) in [6.07, 6.45) is 10.4. The minimum atomic E-state index is -0.329. The van der Waals surface area contributed by atoms with Crippen molar-refractivity contribution in [2.75, 3.05) is 33.2 Å². The second-order valence-corrected chi connectivity index (χ2v) is 10.5. The zero-order valence-electron chi connectivity index (χ0n) is 22.9. The van der Waals surface area contributed by atoms with E-state index in [9.17, 15) is 9.59 Å². The molecule has 192 valence electrons. The van der Waals surface area contributed by atoms with Gasteiger partial charge in [-0.2, -0.15) is 4.58 Å². The summed E-state index contributed by atoms with van der Waals surface area (Å²) >= 11 is 0. The van der Waals surface area contributed by atoms with Crippen LogP contribution in [0, 0.1) is 0 Å². The SMILES string of the molecule is COC(=O)c1ccc2c(c1)C(C)(C)C(=CC=CC=CC1=[N+](C)c3ccc(C(=O)OC)cc3C1(C)C)N2C. The molecule has 6 heteroatoms. The molecule has 37 heavy (non-hydrogen) atoms. The zero-order valence-corrected chi connectivity index (χ0v) is 22.9. The first kappa shape index (κ1) is 26.1. The lowest BCUT2D eigenvalue weighted by Gasteiger charge is -2.23. The predicted octanol–water partition coefficient (Wildman–Crippen LogP) is 5.69. The van der Waals surface area contributed by atoms with Crippen molar-refractivity contribution in [1.82, 2.24) is 0 Å². The Morgan fingerprint density at radius 1 is 0.838 bits per heavy atom. The van der Waals surface area contributed by atoms with Crippen LogP contribution in [0.15, 0.2) is 72.5 Å². The molecule has 0 unspecified atom stereocenters. The van der Waals surface area contributed by atoms with Crippen LogP contribution in [0.5, 0.6) is 0 Å². The van der Waals surface area contributed by atoms with Gasteiger partial charge in [-0.05, 0) is 55.8 Å². The number of esters is 2. The number of likely N-dealkylation sites (N-methyl/N-ethyl adjacent to an activating group) is 1. The van der Waals surface area contributed by atoms with Gasteiger partial charge in [0.2, 0.25) is 5.69 Å². The van der Waals surface area contributed by atoms with Gasteiger partial charge >= 0.3 is 11.9 Å². The summed E-state index contributed by atoms with van der Waals surface area (Å²) in [5.74, 6) is -0.658. The van der Waals surface area contributed by atoms with E-state index in [2.05, 4.69) is 49.3 Å². The number of carbonyl (C=O) groups is 2. The van der Waals surface area contributed by atoms with E-state index in [1.807, 2.05) is 68.7 Å². The summed E-state index contributed by atoms with van der Waals surface area (Å²) < 4.78 is 12.0. The molecule has 0 radical (unpaired) electrons. The van der Waals surface area contributed by atoms with Crippen molar-refractivity contribution in [3.05, 3.63) is 94.7 Å². The van der Waals surface area contributed by atoms with Crippen LogP contribution in [-0.2, 0) is 20.3 Å². The van der Waals surface area contributed by atoms with Crippen molar-refractivity contribution in [2.24, 2.45) is 0 Å². The molecular formula is C31H35N2O4+. The normalized spacial score (nSPS) is 18.6. The maximum absolute atomic E-state index is 12.0. The van der Waals surface area contributed by atoms with E-state index in [1.165, 1.54) is 14.2 Å². The highest BCUT2D eigenvalue weighted by Crippen LogP contribution is 2.47. The van der Waals surface area contributed by atoms with Crippen LogP contribution >= 0.6 is 0 Å². The summed E-state index contributed by atoms with van der Waals surface area (Å²) in [6, 6.07) is 11.4. The molecule has 2 aromatic rings. The van der Waals surface area contributed by atoms with Crippen molar-refractivity contribution < 1.29 is 23.6 Å². The van der Waals surface area contributed by atoms with E-state index in [-0.39, 0.29) is 22.8 Å². The molecule has 2 aromatic carbocycles. The lowest BCUT2D eigenvalue weighted by molar-refractivity contribution is -0.401. The quantitative estimate of drug-likeness (QED) is 0.301. The maximum Gasteiger partial charge on any atom is 0.337 e. The average molecular weight is 500 g/mol. The second kappa shape index (κ2) is 9.51. The Balaban J connectivity index is 1.56. The van der Waals surface area contributed by atoms with Gasteiger partial charge in [-0.25, -0.2) is 9.59 Å². The van der Waals surface area contributed by atoms with Gasteiger partial charge in [-0.3, -0.25) is 0 Å². The molecule has 0 saturated heterocycles. The fourth-order valence-electron chi connectivity index (χ4n) is 5.52. The van der Waals surface area contributed by atoms with Crippen molar-refractivity contribution >= 4 is 29.0 Å². The standard InChI is InChI=1S/C31H35N2O4/c1-30(2)22-18-20(28(34)36-7)14-16-24(22)32(5)26(30)12-10-9-11-13-27-31(3,4)23-19-21(29(35)37-8)15-17-25(23)33(27)6/h9-19H,1-8H3/q+1. The van der Waals surface area contributed by atoms with Crippen LogP contribution < -0.4 is 4.90 Å². The molecule has 4 rings (SSSR count). The maximum atomic E-state index is 12.0. The minimum Gasteiger partial charge on any atom is -0.465 e. The molecule has 0 atom stereocenters. The first-order valence-corrected chi connectivity index (χ1v) is 12.3. The van der Waals surface area contributed by atoms with Gasteiger partial charge < -0.3 is 14.4 Å². The number of methoxy groups -OCH3 is 2. The molecule has 0 saturated carbocycles. The van der Waals surface area contributed by atoms with Crippen LogP contribution in [0.2, 0.25) is 0 Å². The number of ether oxygens (including phenoxy) is 2. The number of allylic oxidation sites excluding steroid dienone is 6. The Kier molecular flexibility index (Phi) is 6.72. The van der Waals surface area contributed by atoms with Crippen LogP contribution in [0.4, 0.5) is 11.4 Å². The van der Waals surface area contributed by atoms with E-state index in [1.54, 1.807) is 0 Å². The molecule has 0 amide bonds. The summed E-state index contributed by atoms with van der Waals surface area (Å²) in [7, 11) is 6.90. The van der Waals surface area contributed by atoms with Gasteiger partial charge in [0.1, 0.15) is 7.05 Å². The van der Waals surface area contributed by atoms with Crippen LogP contribution in [0.1, 0.15) is 59.5 Å². The number of hydrogen-bond acceptors (Lipinski definition) is 5. The molecule has 0 aromatic heterocycles. The number of rotatable bonds is 5. The average Bonchev–Trinajstić information content (AvgIpc) is 3.20. The highest BCUT2D eigenvalue weighted by atomic mass is 16.5. The Morgan fingerprint density at radius 2 is 1.43 bits per heavy atom. The molecule has 2 heterocycles. The van der Waals surface area contributed by atoms with E-state index >= 15 is 0 Å². The first-order valence-electron chi connectivity index (χ1n) is 12.3. The number of anilines is 1. The van der Waals surface area contributed by atoms with Gasteiger partial charge in [0.05, 0.1) is 30.8 Å². The van der Waals surface area contributed by atoms with Crippen LogP contribution in [0.25, 0.3) is 0 Å². The highest BCUT2D eigenvalue weighted by molar-refractivity contribution is 6.04. The van der Waals surface area contributed by atoms with E-state index < -0.39 is 0 Å². The summed E-state index contributed by atoms with van der Waals surface area (Å²) in [5.41, 5.74) is 7.25. The molecule has 2 aliphatic heterocycles. The van der Waals surface area contributed by atoms with Crippen LogP contribution in [-0.4, -0.2) is 50.5 Å². The van der Waals surface area contributed by atoms with Crippen LogP contribution in [0.3, 0.4) is 0 Å². The smallest absolute Gasteiger partial charge is 0.337 e. The summed E-state index contributed by atoms with van der Waals surface area (Å²) in [6.45, 7) is 8.66. The molecular weight excluding hydrogens is 464 g/mol. The number of fused-ring (bicyclic) bond motifs is 2. The topological polar surface area (TPSA) is 58.9 Å². The van der Waals surface area contributed by atoms with E-state index in [4.69, 9.17) is 9.47 Å². The number of carbonyl (C=O) groups excluding carboxylic acids is 2. The number of benzene rings is 2. The first-order chi connectivity index (χ1) is 17.4. The van der Waals surface area contributed by atoms with Crippen molar-refractivity contribution in [1.29, 1.82) is 0 Å². The van der Waals surface area contributed by atoms with Gasteiger partial charge in [0.25, 0.3) is 0 Å². The summed E-state index contributed by atoms with van der Waals surface area (Å²) in [4.78, 5) is 26.3. The molecule has 0 fully saturated rings. The Hall–Kier alpha value is -3.93. The lowest BCUT2D eigenvalue weighted by atomic mass is 9.81. The zero-order chi connectivity index (χ0) is 27.1. The third kappa shape index (κ3) is 4.31. The Labute approximate surface area is 219 Å². The molecule has 0 N–H and O–H groups in total. The Bertz CT molecular complexity index is 1410. The molecule has 6 nitrogen and oxygen atoms in total. The van der Waals surface area contributed by atoms with Gasteiger partial charge in [0, 0.05) is 41.6 Å². The van der Waals surface area contributed by atoms with Gasteiger partial charge in [-0.15, -0.1) is 0 Å². The third-order valence-corrected chi connectivity index (χ3v) is 7.64. The third-order valence-electron chi connectivity index (χ3n) is 7.64. The van der Waals surface area contributed by atoms with E-state index in [0.717, 1.165) is 33.9 Å². The lowest BCUT2D eigenvalue weighted by Crippen LogP contribution is -2.26. The second-order valence-electron chi connectivity index (χ2n) is 10.5. The van der Waals surface area contributed by atoms with Crippen molar-refractivity contribution in [3.8, 4) is 0 Å². The van der Waals surface area contributed by atoms with E-state index in [0.29, 0.717) is 11.1 Å². The molecule has 0 bridgehead atoms. The van der Waals surface area contributed by atoms with Crippen molar-refractivity contribution in [3.63, 3.8) is 0 Å². The molecule has 2 aliphatic rings.